The first-order valence-electron chi connectivity index (χ1n) is 9.59. The summed E-state index contributed by atoms with van der Waals surface area (Å²) in [6.45, 7) is 1.18. The Kier molecular flexibility index (Phi) is 6.21. The van der Waals surface area contributed by atoms with Crippen molar-refractivity contribution in [3.05, 3.63) is 118 Å². The molecular weight excluding hydrogens is 404 g/mol. The van der Waals surface area contributed by atoms with Crippen molar-refractivity contribution in [2.24, 2.45) is 0 Å². The van der Waals surface area contributed by atoms with Crippen molar-refractivity contribution < 1.29 is 8.78 Å². The molecule has 0 aliphatic heterocycles. The van der Waals surface area contributed by atoms with Gasteiger partial charge in [0.05, 0.1) is 5.69 Å². The van der Waals surface area contributed by atoms with Gasteiger partial charge in [-0.05, 0) is 59.7 Å². The molecular formula is C24H20ClF2N3. The monoisotopic (exact) mass is 423 g/mol. The number of nitrogens with one attached hydrogen (secondary N) is 1. The third-order valence-corrected chi connectivity index (χ3v) is 5.01. The van der Waals surface area contributed by atoms with Gasteiger partial charge < -0.3 is 9.88 Å². The van der Waals surface area contributed by atoms with Crippen LogP contribution < -0.4 is 5.32 Å². The molecule has 3 aromatic carbocycles. The number of benzene rings is 3. The summed E-state index contributed by atoms with van der Waals surface area (Å²) in [5.74, 6) is 0.346. The third kappa shape index (κ3) is 5.12. The van der Waals surface area contributed by atoms with Gasteiger partial charge in [0.15, 0.2) is 0 Å². The lowest BCUT2D eigenvalue weighted by Crippen LogP contribution is -2.13. The second-order valence-corrected chi connectivity index (χ2v) is 7.46. The maximum absolute atomic E-state index is 13.3. The Morgan fingerprint density at radius 1 is 0.767 bits per heavy atom. The molecule has 0 aliphatic rings. The van der Waals surface area contributed by atoms with Gasteiger partial charge in [-0.1, -0.05) is 35.9 Å². The molecule has 0 saturated heterocycles. The molecule has 1 heterocycles. The number of aromatic nitrogens is 2. The van der Waals surface area contributed by atoms with E-state index >= 15 is 0 Å². The molecule has 0 unspecified atom stereocenters. The summed E-state index contributed by atoms with van der Waals surface area (Å²) < 4.78 is 28.3. The van der Waals surface area contributed by atoms with Gasteiger partial charge in [-0.2, -0.15) is 0 Å². The van der Waals surface area contributed by atoms with Gasteiger partial charge in [-0.25, -0.2) is 13.8 Å². The molecule has 0 radical (unpaired) electrons. The molecule has 0 spiro atoms. The summed E-state index contributed by atoms with van der Waals surface area (Å²) in [7, 11) is 0. The predicted octanol–water partition coefficient (Wildman–Crippen LogP) is 5.68. The van der Waals surface area contributed by atoms with E-state index in [4.69, 9.17) is 16.6 Å². The van der Waals surface area contributed by atoms with E-state index in [0.717, 1.165) is 28.3 Å². The second-order valence-electron chi connectivity index (χ2n) is 7.03. The van der Waals surface area contributed by atoms with Crippen LogP contribution in [0.2, 0.25) is 5.02 Å². The van der Waals surface area contributed by atoms with E-state index in [0.29, 0.717) is 24.5 Å². The number of nitrogens with zero attached hydrogens (tertiary/aromatic N) is 2. The SMILES string of the molecule is Fc1ccc(CNCc2cn(-c3ccc(Cl)cc3)c(Cc3ccc(F)cc3)n2)cc1. The van der Waals surface area contributed by atoms with Crippen LogP contribution in [0, 0.1) is 11.6 Å². The van der Waals surface area contributed by atoms with Gasteiger partial charge in [0.25, 0.3) is 0 Å². The normalized spacial score (nSPS) is 11.0. The minimum Gasteiger partial charge on any atom is -0.307 e. The highest BCUT2D eigenvalue weighted by Gasteiger charge is 2.11. The van der Waals surface area contributed by atoms with E-state index in [1.807, 2.05) is 35.0 Å². The van der Waals surface area contributed by atoms with Gasteiger partial charge >= 0.3 is 0 Å². The molecule has 1 aromatic heterocycles. The molecule has 6 heteroatoms. The van der Waals surface area contributed by atoms with E-state index in [1.54, 1.807) is 24.3 Å². The van der Waals surface area contributed by atoms with Crippen LogP contribution in [0.3, 0.4) is 0 Å². The molecule has 0 fully saturated rings. The highest BCUT2D eigenvalue weighted by atomic mass is 35.5. The molecule has 4 rings (SSSR count). The molecule has 1 N–H and O–H groups in total. The van der Waals surface area contributed by atoms with Crippen LogP contribution in [-0.2, 0) is 19.5 Å². The molecule has 152 valence electrons. The summed E-state index contributed by atoms with van der Waals surface area (Å²) in [6, 6.07) is 20.4. The standard InChI is InChI=1S/C24H20ClF2N3/c25-19-5-11-23(12-6-19)30-16-22(15-28-14-18-3-9-21(27)10-4-18)29-24(30)13-17-1-7-20(26)8-2-17/h1-12,16,28H,13-15H2. The van der Waals surface area contributed by atoms with Gasteiger partial charge in [0, 0.05) is 36.4 Å². The summed E-state index contributed by atoms with van der Waals surface area (Å²) in [6.07, 6.45) is 2.56. The number of hydrogen-bond acceptors (Lipinski definition) is 2. The van der Waals surface area contributed by atoms with Crippen molar-refractivity contribution >= 4 is 11.6 Å². The van der Waals surface area contributed by atoms with Gasteiger partial charge in [-0.15, -0.1) is 0 Å². The second kappa shape index (κ2) is 9.20. The van der Waals surface area contributed by atoms with E-state index in [2.05, 4.69) is 5.32 Å². The van der Waals surface area contributed by atoms with Gasteiger partial charge in [-0.3, -0.25) is 0 Å². The first-order chi connectivity index (χ1) is 14.6. The average Bonchev–Trinajstić information content (AvgIpc) is 3.14. The van der Waals surface area contributed by atoms with Crippen LogP contribution in [0.1, 0.15) is 22.6 Å². The fourth-order valence-electron chi connectivity index (χ4n) is 3.23. The first-order valence-corrected chi connectivity index (χ1v) is 9.97. The first kappa shape index (κ1) is 20.3. The highest BCUT2D eigenvalue weighted by Crippen LogP contribution is 2.19. The zero-order valence-corrected chi connectivity index (χ0v) is 16.9. The van der Waals surface area contributed by atoms with Crippen molar-refractivity contribution in [2.45, 2.75) is 19.5 Å². The Balaban J connectivity index is 1.54. The fraction of sp³-hybridized carbons (Fsp3) is 0.125. The maximum Gasteiger partial charge on any atom is 0.123 e. The number of halogens is 3. The molecule has 0 atom stereocenters. The van der Waals surface area contributed by atoms with Crippen LogP contribution in [0.25, 0.3) is 5.69 Å². The molecule has 0 amide bonds. The maximum atomic E-state index is 13.3. The number of rotatable bonds is 7. The number of hydrogen-bond donors (Lipinski definition) is 1. The molecule has 3 nitrogen and oxygen atoms in total. The summed E-state index contributed by atoms with van der Waals surface area (Å²) >= 11 is 6.03. The van der Waals surface area contributed by atoms with Gasteiger partial charge in [0.2, 0.25) is 0 Å². The lowest BCUT2D eigenvalue weighted by Gasteiger charge is -2.08. The molecule has 30 heavy (non-hydrogen) atoms. The Bertz CT molecular complexity index is 1100. The Morgan fingerprint density at radius 2 is 1.37 bits per heavy atom. The largest absolute Gasteiger partial charge is 0.307 e. The molecule has 0 aliphatic carbocycles. The van der Waals surface area contributed by atoms with E-state index in [9.17, 15) is 8.78 Å². The summed E-state index contributed by atoms with van der Waals surface area (Å²) in [4.78, 5) is 4.79. The minimum absolute atomic E-state index is 0.245. The summed E-state index contributed by atoms with van der Waals surface area (Å²) in [5.41, 5.74) is 3.81. The zero-order valence-electron chi connectivity index (χ0n) is 16.2. The topological polar surface area (TPSA) is 29.9 Å². The van der Waals surface area contributed by atoms with Crippen molar-refractivity contribution in [1.29, 1.82) is 0 Å². The Morgan fingerprint density at radius 3 is 2.00 bits per heavy atom. The minimum atomic E-state index is -0.259. The van der Waals surface area contributed by atoms with Crippen LogP contribution in [-0.4, -0.2) is 9.55 Å². The van der Waals surface area contributed by atoms with E-state index in [-0.39, 0.29) is 11.6 Å². The third-order valence-electron chi connectivity index (χ3n) is 4.76. The molecule has 0 saturated carbocycles. The smallest absolute Gasteiger partial charge is 0.123 e. The van der Waals surface area contributed by atoms with Crippen LogP contribution in [0.15, 0.2) is 79.0 Å². The van der Waals surface area contributed by atoms with Gasteiger partial charge in [0.1, 0.15) is 17.5 Å². The Labute approximate surface area is 179 Å². The van der Waals surface area contributed by atoms with Crippen LogP contribution >= 0.6 is 11.6 Å². The lowest BCUT2D eigenvalue weighted by atomic mass is 10.1. The lowest BCUT2D eigenvalue weighted by molar-refractivity contribution is 0.624. The summed E-state index contributed by atoms with van der Waals surface area (Å²) in [5, 5.41) is 4.01. The van der Waals surface area contributed by atoms with Crippen LogP contribution in [0.4, 0.5) is 8.78 Å². The molecule has 0 bridgehead atoms. The van der Waals surface area contributed by atoms with E-state index < -0.39 is 0 Å². The van der Waals surface area contributed by atoms with Crippen molar-refractivity contribution in [3.63, 3.8) is 0 Å². The van der Waals surface area contributed by atoms with Crippen molar-refractivity contribution in [1.82, 2.24) is 14.9 Å². The van der Waals surface area contributed by atoms with Crippen molar-refractivity contribution in [3.8, 4) is 5.69 Å². The van der Waals surface area contributed by atoms with Crippen LogP contribution in [0.5, 0.6) is 0 Å². The van der Waals surface area contributed by atoms with E-state index in [1.165, 1.54) is 24.3 Å². The number of imidazole rings is 1. The fourth-order valence-corrected chi connectivity index (χ4v) is 3.36. The highest BCUT2D eigenvalue weighted by molar-refractivity contribution is 6.30. The quantitative estimate of drug-likeness (QED) is 0.414. The average molecular weight is 424 g/mol. The zero-order chi connectivity index (χ0) is 20.9. The van der Waals surface area contributed by atoms with Crippen molar-refractivity contribution in [2.75, 3.05) is 0 Å². The molecule has 4 aromatic rings. The Hall–Kier alpha value is -3.02. The predicted molar refractivity (Wildman–Crippen MR) is 115 cm³/mol.